The van der Waals surface area contributed by atoms with Gasteiger partial charge in [0.05, 0.1) is 5.41 Å². The number of fused-ring (bicyclic) bond motifs is 1. The van der Waals surface area contributed by atoms with Crippen molar-refractivity contribution in [3.05, 3.63) is 29.8 Å². The first-order chi connectivity index (χ1) is 12.9. The smallest absolute Gasteiger partial charge is 0.312 e. The first-order valence-electron chi connectivity index (χ1n) is 10.2. The second-order valence-electron chi connectivity index (χ2n) is 9.31. The summed E-state index contributed by atoms with van der Waals surface area (Å²) in [6, 6.07) is 7.95. The van der Waals surface area contributed by atoms with E-state index in [9.17, 15) is 9.59 Å². The van der Waals surface area contributed by atoms with Crippen molar-refractivity contribution in [3.8, 4) is 0 Å². The zero-order valence-electron chi connectivity index (χ0n) is 15.7. The number of ether oxygens (including phenoxy) is 1. The predicted octanol–water partition coefficient (Wildman–Crippen LogP) is 4.09. The number of anilines is 1. The van der Waals surface area contributed by atoms with E-state index in [1.54, 1.807) is 11.8 Å². The van der Waals surface area contributed by atoms with Gasteiger partial charge in [-0.15, -0.1) is 11.6 Å². The maximum atomic E-state index is 13.2. The van der Waals surface area contributed by atoms with E-state index in [0.717, 1.165) is 37.8 Å². The molecule has 5 aliphatic rings. The quantitative estimate of drug-likeness (QED) is 0.579. The molecule has 1 aliphatic heterocycles. The highest BCUT2D eigenvalue weighted by atomic mass is 35.5. The van der Waals surface area contributed by atoms with E-state index in [2.05, 4.69) is 6.07 Å². The second kappa shape index (κ2) is 5.97. The lowest BCUT2D eigenvalue weighted by molar-refractivity contribution is -0.176. The van der Waals surface area contributed by atoms with Gasteiger partial charge in [0.15, 0.2) is 6.10 Å². The van der Waals surface area contributed by atoms with Gasteiger partial charge < -0.3 is 9.64 Å². The maximum Gasteiger partial charge on any atom is 0.312 e. The number of nitrogens with zero attached hydrogens (tertiary/aromatic N) is 1. The van der Waals surface area contributed by atoms with Crippen LogP contribution in [-0.4, -0.2) is 29.4 Å². The summed E-state index contributed by atoms with van der Waals surface area (Å²) in [5.41, 5.74) is 1.65. The van der Waals surface area contributed by atoms with Gasteiger partial charge in [-0.1, -0.05) is 18.2 Å². The third kappa shape index (κ3) is 2.79. The number of carbonyl (C=O) groups excluding carboxylic acids is 2. The van der Waals surface area contributed by atoms with Crippen molar-refractivity contribution in [2.45, 2.75) is 62.8 Å². The van der Waals surface area contributed by atoms with Gasteiger partial charge in [0, 0.05) is 17.1 Å². The molecule has 3 atom stereocenters. The van der Waals surface area contributed by atoms with Crippen molar-refractivity contribution in [1.29, 1.82) is 0 Å². The highest BCUT2D eigenvalue weighted by Crippen LogP contribution is 2.64. The van der Waals surface area contributed by atoms with Crippen molar-refractivity contribution in [2.24, 2.45) is 17.3 Å². The largest absolute Gasteiger partial charge is 0.452 e. The lowest BCUT2D eigenvalue weighted by Gasteiger charge is -2.58. The van der Waals surface area contributed by atoms with Crippen molar-refractivity contribution >= 4 is 29.2 Å². The van der Waals surface area contributed by atoms with Crippen molar-refractivity contribution in [3.63, 3.8) is 0 Å². The lowest BCUT2D eigenvalue weighted by Crippen LogP contribution is -2.57. The molecule has 0 saturated heterocycles. The maximum absolute atomic E-state index is 13.2. The van der Waals surface area contributed by atoms with Gasteiger partial charge in [0.25, 0.3) is 5.91 Å². The molecule has 1 aromatic carbocycles. The molecule has 4 bridgehead atoms. The highest BCUT2D eigenvalue weighted by molar-refractivity contribution is 6.24. The Kier molecular flexibility index (Phi) is 3.88. The van der Waals surface area contributed by atoms with Crippen LogP contribution < -0.4 is 4.90 Å². The topological polar surface area (TPSA) is 46.6 Å². The summed E-state index contributed by atoms with van der Waals surface area (Å²) in [6.45, 7) is 2.36. The molecule has 5 heteroatoms. The third-order valence-electron chi connectivity index (χ3n) is 7.21. The SMILES string of the molecule is C[C@H](OC(=O)C12C[C@H]3C[C@@H](CC(Cl)(C3)C1)C2)C(=O)N1CCc2ccccc21. The molecule has 0 spiro atoms. The minimum atomic E-state index is -0.761. The molecule has 1 heterocycles. The second-order valence-corrected chi connectivity index (χ2v) is 10.1. The van der Waals surface area contributed by atoms with E-state index >= 15 is 0 Å². The van der Waals surface area contributed by atoms with E-state index in [1.165, 1.54) is 12.0 Å². The normalized spacial score (nSPS) is 37.2. The zero-order valence-corrected chi connectivity index (χ0v) is 16.5. The number of rotatable bonds is 3. The van der Waals surface area contributed by atoms with Gasteiger partial charge >= 0.3 is 5.97 Å². The number of carbonyl (C=O) groups is 2. The molecule has 0 radical (unpaired) electrons. The Balaban J connectivity index is 1.31. The number of amides is 1. The number of esters is 1. The van der Waals surface area contributed by atoms with Crippen LogP contribution in [0.15, 0.2) is 24.3 Å². The van der Waals surface area contributed by atoms with Crippen LogP contribution in [0.4, 0.5) is 5.69 Å². The van der Waals surface area contributed by atoms with E-state index in [1.807, 2.05) is 18.2 Å². The molecule has 4 aliphatic carbocycles. The first-order valence-corrected chi connectivity index (χ1v) is 10.5. The molecule has 0 unspecified atom stereocenters. The fraction of sp³-hybridized carbons (Fsp3) is 0.636. The van der Waals surface area contributed by atoms with E-state index in [4.69, 9.17) is 16.3 Å². The zero-order chi connectivity index (χ0) is 18.8. The Bertz CT molecular complexity index is 793. The monoisotopic (exact) mass is 387 g/mol. The van der Waals surface area contributed by atoms with Gasteiger partial charge in [-0.2, -0.15) is 0 Å². The van der Waals surface area contributed by atoms with Crippen LogP contribution in [0.3, 0.4) is 0 Å². The Morgan fingerprint density at radius 2 is 1.89 bits per heavy atom. The summed E-state index contributed by atoms with van der Waals surface area (Å²) in [7, 11) is 0. The molecule has 1 aromatic rings. The van der Waals surface area contributed by atoms with Crippen LogP contribution in [0.2, 0.25) is 0 Å². The van der Waals surface area contributed by atoms with Crippen LogP contribution in [-0.2, 0) is 20.7 Å². The fourth-order valence-corrected chi connectivity index (χ4v) is 7.20. The molecule has 144 valence electrons. The van der Waals surface area contributed by atoms with Crippen molar-refractivity contribution in [1.82, 2.24) is 0 Å². The molecule has 4 saturated carbocycles. The van der Waals surface area contributed by atoms with Gasteiger partial charge in [0.1, 0.15) is 0 Å². The van der Waals surface area contributed by atoms with Crippen LogP contribution in [0, 0.1) is 17.3 Å². The van der Waals surface area contributed by atoms with Crippen molar-refractivity contribution in [2.75, 3.05) is 11.4 Å². The Morgan fingerprint density at radius 1 is 1.19 bits per heavy atom. The fourth-order valence-electron chi connectivity index (χ4n) is 6.51. The van der Waals surface area contributed by atoms with Crippen LogP contribution >= 0.6 is 11.6 Å². The summed E-state index contributed by atoms with van der Waals surface area (Å²) in [5.74, 6) is 0.745. The molecule has 4 fully saturated rings. The highest BCUT2D eigenvalue weighted by Gasteiger charge is 2.61. The molecule has 0 N–H and O–H groups in total. The molecular weight excluding hydrogens is 362 g/mol. The summed E-state index contributed by atoms with van der Waals surface area (Å²) < 4.78 is 5.78. The van der Waals surface area contributed by atoms with E-state index in [-0.39, 0.29) is 16.8 Å². The molecule has 6 rings (SSSR count). The van der Waals surface area contributed by atoms with Crippen LogP contribution in [0.1, 0.15) is 51.0 Å². The number of benzene rings is 1. The number of alkyl halides is 1. The number of para-hydroxylation sites is 1. The van der Waals surface area contributed by atoms with Crippen LogP contribution in [0.5, 0.6) is 0 Å². The molecule has 0 aromatic heterocycles. The van der Waals surface area contributed by atoms with Gasteiger partial charge in [0.2, 0.25) is 0 Å². The number of halogens is 1. The molecule has 1 amide bonds. The number of hydrogen-bond acceptors (Lipinski definition) is 3. The Hall–Kier alpha value is -1.55. The third-order valence-corrected chi connectivity index (χ3v) is 7.65. The van der Waals surface area contributed by atoms with E-state index in [0.29, 0.717) is 24.8 Å². The minimum absolute atomic E-state index is 0.126. The van der Waals surface area contributed by atoms with E-state index < -0.39 is 11.5 Å². The average molecular weight is 388 g/mol. The molecule has 27 heavy (non-hydrogen) atoms. The first kappa shape index (κ1) is 17.5. The number of hydrogen-bond donors (Lipinski definition) is 0. The summed E-state index contributed by atoms with van der Waals surface area (Å²) in [5, 5.41) is 0. The predicted molar refractivity (Wildman–Crippen MR) is 104 cm³/mol. The molecular formula is C22H26ClNO3. The average Bonchev–Trinajstić information content (AvgIpc) is 3.03. The van der Waals surface area contributed by atoms with Gasteiger partial charge in [-0.05, 0) is 75.3 Å². The summed E-state index contributed by atoms with van der Waals surface area (Å²) >= 11 is 6.84. The Labute approximate surface area is 165 Å². The van der Waals surface area contributed by atoms with Crippen molar-refractivity contribution < 1.29 is 14.3 Å². The minimum Gasteiger partial charge on any atom is -0.452 e. The standard InChI is InChI=1S/C22H26ClNO3/c1-14(19(25)24-7-6-17-4-2-3-5-18(17)24)27-20(26)21-9-15-8-16(10-21)12-22(23,11-15)13-21/h2-5,14-16H,6-13H2,1H3/t14-,15+,16+,21?,22?/m0/s1. The summed E-state index contributed by atoms with van der Waals surface area (Å²) in [6.07, 6.45) is 5.81. The lowest BCUT2D eigenvalue weighted by atomic mass is 9.49. The van der Waals surface area contributed by atoms with Crippen LogP contribution in [0.25, 0.3) is 0 Å². The molecule has 4 nitrogen and oxygen atoms in total. The van der Waals surface area contributed by atoms with Gasteiger partial charge in [-0.3, -0.25) is 9.59 Å². The summed E-state index contributed by atoms with van der Waals surface area (Å²) in [4.78, 5) is 27.6. The van der Waals surface area contributed by atoms with Gasteiger partial charge in [-0.25, -0.2) is 0 Å². The Morgan fingerprint density at radius 3 is 2.59 bits per heavy atom.